The molecular weight excluding hydrogens is 234 g/mol. The lowest BCUT2D eigenvalue weighted by Gasteiger charge is -2.05. The molecule has 0 N–H and O–H groups in total. The maximum Gasteiger partial charge on any atom is 0.235 e. The van der Waals surface area contributed by atoms with Gasteiger partial charge in [0, 0.05) is 10.7 Å². The van der Waals surface area contributed by atoms with Gasteiger partial charge in [0.05, 0.1) is 0 Å². The average molecular weight is 241 g/mol. The Bertz CT molecular complexity index is 419. The molecule has 0 aromatic heterocycles. The Balaban J connectivity index is 2.85. The second kappa shape index (κ2) is 4.23. The van der Waals surface area contributed by atoms with Crippen LogP contribution in [0, 0.1) is 5.82 Å². The highest BCUT2D eigenvalue weighted by atomic mass is 35.7. The SMILES string of the molecule is O=S(=O)(Cl)CC(F)c1cccc(F)c1. The molecule has 1 aromatic rings. The largest absolute Gasteiger partial charge is 0.241 e. The summed E-state index contributed by atoms with van der Waals surface area (Å²) in [7, 11) is 0.947. The molecule has 1 unspecified atom stereocenters. The van der Waals surface area contributed by atoms with Gasteiger partial charge in [-0.3, -0.25) is 0 Å². The molecule has 0 heterocycles. The lowest BCUT2D eigenvalue weighted by molar-refractivity contribution is 0.374. The van der Waals surface area contributed by atoms with Crippen LogP contribution in [0.5, 0.6) is 0 Å². The van der Waals surface area contributed by atoms with Gasteiger partial charge >= 0.3 is 0 Å². The Morgan fingerprint density at radius 2 is 2.07 bits per heavy atom. The smallest absolute Gasteiger partial charge is 0.235 e. The van der Waals surface area contributed by atoms with Crippen LogP contribution in [0.4, 0.5) is 8.78 Å². The summed E-state index contributed by atoms with van der Waals surface area (Å²) in [5.74, 6) is -1.46. The summed E-state index contributed by atoms with van der Waals surface area (Å²) in [5, 5.41) is 0. The van der Waals surface area contributed by atoms with Crippen LogP contribution in [0.25, 0.3) is 0 Å². The summed E-state index contributed by atoms with van der Waals surface area (Å²) in [6, 6.07) is 4.69. The van der Waals surface area contributed by atoms with E-state index < -0.39 is 26.8 Å². The zero-order valence-corrected chi connectivity index (χ0v) is 8.52. The Labute approximate surface area is 84.9 Å². The van der Waals surface area contributed by atoms with Crippen LogP contribution in [-0.4, -0.2) is 14.2 Å². The molecule has 78 valence electrons. The van der Waals surface area contributed by atoms with E-state index in [0.29, 0.717) is 0 Å². The fourth-order valence-corrected chi connectivity index (χ4v) is 1.85. The predicted molar refractivity (Wildman–Crippen MR) is 49.9 cm³/mol. The van der Waals surface area contributed by atoms with Crippen molar-refractivity contribution < 1.29 is 17.2 Å². The Morgan fingerprint density at radius 3 is 2.57 bits per heavy atom. The molecule has 1 rings (SSSR count). The lowest BCUT2D eigenvalue weighted by Crippen LogP contribution is -2.05. The second-order valence-corrected chi connectivity index (χ2v) is 5.55. The molecule has 0 amide bonds. The van der Waals surface area contributed by atoms with Crippen molar-refractivity contribution in [2.24, 2.45) is 0 Å². The first-order chi connectivity index (χ1) is 6.38. The first kappa shape index (κ1) is 11.4. The van der Waals surface area contributed by atoms with Crippen molar-refractivity contribution in [2.75, 3.05) is 5.75 Å². The minimum Gasteiger partial charge on any atom is -0.241 e. The molecule has 2 nitrogen and oxygen atoms in total. The highest BCUT2D eigenvalue weighted by molar-refractivity contribution is 8.13. The normalized spacial score (nSPS) is 13.9. The molecule has 0 bridgehead atoms. The summed E-state index contributed by atoms with van der Waals surface area (Å²) in [6.07, 6.45) is -1.80. The van der Waals surface area contributed by atoms with Gasteiger partial charge in [-0.1, -0.05) is 12.1 Å². The Morgan fingerprint density at radius 1 is 1.43 bits per heavy atom. The van der Waals surface area contributed by atoms with E-state index in [-0.39, 0.29) is 5.56 Å². The van der Waals surface area contributed by atoms with Crippen LogP contribution in [0.2, 0.25) is 0 Å². The van der Waals surface area contributed by atoms with Crippen molar-refractivity contribution >= 4 is 19.7 Å². The summed E-state index contributed by atoms with van der Waals surface area (Å²) >= 11 is 0. The minimum absolute atomic E-state index is 0.0331. The molecule has 0 spiro atoms. The van der Waals surface area contributed by atoms with Gasteiger partial charge in [0.25, 0.3) is 0 Å². The molecule has 1 atom stereocenters. The second-order valence-electron chi connectivity index (χ2n) is 2.73. The molecule has 0 aliphatic heterocycles. The van der Waals surface area contributed by atoms with Gasteiger partial charge in [-0.25, -0.2) is 17.2 Å². The first-order valence-electron chi connectivity index (χ1n) is 3.70. The van der Waals surface area contributed by atoms with Gasteiger partial charge in [0.2, 0.25) is 9.05 Å². The molecule has 0 aliphatic carbocycles. The monoisotopic (exact) mass is 240 g/mol. The van der Waals surface area contributed by atoms with Crippen molar-refractivity contribution in [1.82, 2.24) is 0 Å². The fourth-order valence-electron chi connectivity index (χ4n) is 0.972. The number of rotatable bonds is 3. The van der Waals surface area contributed by atoms with Crippen molar-refractivity contribution in [3.8, 4) is 0 Å². The summed E-state index contributed by atoms with van der Waals surface area (Å²) < 4.78 is 46.9. The van der Waals surface area contributed by atoms with Gasteiger partial charge in [-0.05, 0) is 17.7 Å². The van der Waals surface area contributed by atoms with Crippen LogP contribution in [0.1, 0.15) is 11.7 Å². The standard InChI is InChI=1S/C8H7ClF2O2S/c9-14(12,13)5-8(11)6-2-1-3-7(10)4-6/h1-4,8H,5H2. The van der Waals surface area contributed by atoms with Crippen LogP contribution in [0.15, 0.2) is 24.3 Å². The van der Waals surface area contributed by atoms with Crippen LogP contribution in [-0.2, 0) is 9.05 Å². The van der Waals surface area contributed by atoms with Crippen LogP contribution >= 0.6 is 10.7 Å². The molecule has 0 radical (unpaired) electrons. The number of alkyl halides is 1. The van der Waals surface area contributed by atoms with E-state index in [0.717, 1.165) is 12.1 Å². The summed E-state index contributed by atoms with van der Waals surface area (Å²) in [5.41, 5.74) is -0.0331. The zero-order chi connectivity index (χ0) is 10.8. The summed E-state index contributed by atoms with van der Waals surface area (Å²) in [6.45, 7) is 0. The van der Waals surface area contributed by atoms with Crippen molar-refractivity contribution in [1.29, 1.82) is 0 Å². The maximum absolute atomic E-state index is 13.2. The fraction of sp³-hybridized carbons (Fsp3) is 0.250. The molecule has 0 fully saturated rings. The topological polar surface area (TPSA) is 34.1 Å². The van der Waals surface area contributed by atoms with E-state index in [1.807, 2.05) is 0 Å². The van der Waals surface area contributed by atoms with Gasteiger partial charge in [-0.15, -0.1) is 0 Å². The van der Waals surface area contributed by atoms with Crippen molar-refractivity contribution in [3.63, 3.8) is 0 Å². The van der Waals surface area contributed by atoms with Crippen molar-refractivity contribution in [3.05, 3.63) is 35.6 Å². The minimum atomic E-state index is -3.91. The summed E-state index contributed by atoms with van der Waals surface area (Å²) in [4.78, 5) is 0. The van der Waals surface area contributed by atoms with E-state index >= 15 is 0 Å². The van der Waals surface area contributed by atoms with E-state index in [2.05, 4.69) is 0 Å². The van der Waals surface area contributed by atoms with Crippen LogP contribution in [0.3, 0.4) is 0 Å². The molecular formula is C8H7ClF2O2S. The Kier molecular flexibility index (Phi) is 3.44. The highest BCUT2D eigenvalue weighted by Gasteiger charge is 2.18. The van der Waals surface area contributed by atoms with Crippen LogP contribution < -0.4 is 0 Å². The number of benzene rings is 1. The highest BCUT2D eigenvalue weighted by Crippen LogP contribution is 2.21. The molecule has 14 heavy (non-hydrogen) atoms. The Hall–Kier alpha value is -0.680. The quantitative estimate of drug-likeness (QED) is 0.761. The van der Waals surface area contributed by atoms with E-state index in [1.165, 1.54) is 12.1 Å². The zero-order valence-electron chi connectivity index (χ0n) is 6.95. The average Bonchev–Trinajstić information content (AvgIpc) is 2.01. The lowest BCUT2D eigenvalue weighted by atomic mass is 10.1. The van der Waals surface area contributed by atoms with Gasteiger partial charge < -0.3 is 0 Å². The molecule has 0 aliphatic rings. The molecule has 6 heteroatoms. The van der Waals surface area contributed by atoms with Crippen molar-refractivity contribution in [2.45, 2.75) is 6.17 Å². The third kappa shape index (κ3) is 3.59. The molecule has 0 saturated heterocycles. The third-order valence-corrected chi connectivity index (χ3v) is 2.62. The molecule has 0 saturated carbocycles. The van der Waals surface area contributed by atoms with E-state index in [9.17, 15) is 17.2 Å². The molecule has 1 aromatic carbocycles. The van der Waals surface area contributed by atoms with Gasteiger partial charge in [0.15, 0.2) is 0 Å². The number of halogens is 3. The first-order valence-corrected chi connectivity index (χ1v) is 6.18. The van der Waals surface area contributed by atoms with Gasteiger partial charge in [-0.2, -0.15) is 0 Å². The maximum atomic E-state index is 13.2. The number of hydrogen-bond acceptors (Lipinski definition) is 2. The third-order valence-electron chi connectivity index (χ3n) is 1.56. The van der Waals surface area contributed by atoms with E-state index in [4.69, 9.17) is 10.7 Å². The predicted octanol–water partition coefficient (Wildman–Crippen LogP) is 2.40. The van der Waals surface area contributed by atoms with E-state index in [1.54, 1.807) is 0 Å². The number of hydrogen-bond donors (Lipinski definition) is 0. The van der Waals surface area contributed by atoms with Gasteiger partial charge in [0.1, 0.15) is 17.7 Å².